The number of benzene rings is 1. The quantitative estimate of drug-likeness (QED) is 0.851. The Balaban J connectivity index is 1.50. The van der Waals surface area contributed by atoms with Gasteiger partial charge in [-0.15, -0.1) is 0 Å². The van der Waals surface area contributed by atoms with Gasteiger partial charge in [-0.25, -0.2) is 5.01 Å². The first kappa shape index (κ1) is 18.2. The Morgan fingerprint density at radius 2 is 2.00 bits per heavy atom. The number of amides is 1. The Morgan fingerprint density at radius 1 is 1.22 bits per heavy atom. The van der Waals surface area contributed by atoms with Crippen molar-refractivity contribution in [3.05, 3.63) is 59.0 Å². The number of nitrogens with zero attached hydrogens (tertiary/aromatic N) is 2. The third kappa shape index (κ3) is 4.24. The number of quaternary nitrogens is 1. The van der Waals surface area contributed by atoms with E-state index in [-0.39, 0.29) is 11.9 Å². The topological polar surface area (TPSA) is 59.5 Å². The highest BCUT2D eigenvalue weighted by Crippen LogP contribution is 2.33. The van der Waals surface area contributed by atoms with E-state index in [0.29, 0.717) is 17.9 Å². The Morgan fingerprint density at radius 3 is 2.70 bits per heavy atom. The van der Waals surface area contributed by atoms with Crippen molar-refractivity contribution in [1.29, 1.82) is 0 Å². The van der Waals surface area contributed by atoms with E-state index in [1.807, 2.05) is 36.4 Å². The molecule has 2 aromatic rings. The molecule has 1 aromatic heterocycles. The zero-order valence-electron chi connectivity index (χ0n) is 15.1. The zero-order chi connectivity index (χ0) is 18.6. The number of carbonyl (C=O) groups is 1. The van der Waals surface area contributed by atoms with Gasteiger partial charge in [0.25, 0.3) is 0 Å². The van der Waals surface area contributed by atoms with Gasteiger partial charge in [-0.3, -0.25) is 4.79 Å². The van der Waals surface area contributed by atoms with E-state index in [1.54, 1.807) is 11.3 Å². The molecule has 1 atom stereocenters. The van der Waals surface area contributed by atoms with Crippen molar-refractivity contribution in [3.8, 4) is 0 Å². The van der Waals surface area contributed by atoms with Gasteiger partial charge in [0, 0.05) is 11.4 Å². The van der Waals surface area contributed by atoms with Gasteiger partial charge in [0.05, 0.1) is 38.2 Å². The molecule has 6 nitrogen and oxygen atoms in total. The Kier molecular flexibility index (Phi) is 5.57. The van der Waals surface area contributed by atoms with Crippen LogP contribution in [-0.2, 0) is 9.53 Å². The lowest BCUT2D eigenvalue weighted by molar-refractivity contribution is -0.907. The summed E-state index contributed by atoms with van der Waals surface area (Å²) in [7, 11) is 0. The molecule has 7 heteroatoms. The predicted octanol–water partition coefficient (Wildman–Crippen LogP) is 1.92. The minimum Gasteiger partial charge on any atom is -0.467 e. The van der Waals surface area contributed by atoms with Crippen LogP contribution in [0.4, 0.5) is 0 Å². The highest BCUT2D eigenvalue weighted by molar-refractivity contribution is 6.30. The maximum Gasteiger partial charge on any atom is 0.249 e. The van der Waals surface area contributed by atoms with Crippen molar-refractivity contribution < 1.29 is 18.8 Å². The molecule has 0 radical (unpaired) electrons. The summed E-state index contributed by atoms with van der Waals surface area (Å²) >= 11 is 5.99. The lowest BCUT2D eigenvalue weighted by Gasteiger charge is -2.25. The van der Waals surface area contributed by atoms with Crippen molar-refractivity contribution in [3.63, 3.8) is 0 Å². The number of rotatable bonds is 5. The number of hydrogen-bond donors (Lipinski definition) is 1. The van der Waals surface area contributed by atoms with Gasteiger partial charge in [0.2, 0.25) is 5.91 Å². The number of hydrazone groups is 1. The molecule has 0 saturated carbocycles. The number of halogens is 1. The second-order valence-corrected chi connectivity index (χ2v) is 7.33. The Hall–Kier alpha value is -2.15. The van der Waals surface area contributed by atoms with Gasteiger partial charge in [-0.05, 0) is 29.8 Å². The van der Waals surface area contributed by atoms with E-state index < -0.39 is 0 Å². The maximum atomic E-state index is 12.9. The summed E-state index contributed by atoms with van der Waals surface area (Å²) in [6, 6.07) is 11.1. The fraction of sp³-hybridized carbons (Fsp3) is 0.400. The maximum absolute atomic E-state index is 12.9. The highest BCUT2D eigenvalue weighted by atomic mass is 35.5. The molecule has 27 heavy (non-hydrogen) atoms. The van der Waals surface area contributed by atoms with Crippen LogP contribution in [0.5, 0.6) is 0 Å². The van der Waals surface area contributed by atoms with Crippen LogP contribution in [0.2, 0.25) is 5.02 Å². The predicted molar refractivity (Wildman–Crippen MR) is 102 cm³/mol. The molecular formula is C20H23ClN3O3+. The fourth-order valence-corrected chi connectivity index (χ4v) is 3.69. The van der Waals surface area contributed by atoms with Gasteiger partial charge < -0.3 is 14.1 Å². The molecule has 2 aliphatic heterocycles. The third-order valence-corrected chi connectivity index (χ3v) is 5.36. The van der Waals surface area contributed by atoms with Crippen LogP contribution in [0.25, 0.3) is 0 Å². The van der Waals surface area contributed by atoms with Crippen LogP contribution in [0.15, 0.2) is 52.2 Å². The second-order valence-electron chi connectivity index (χ2n) is 6.89. The minimum absolute atomic E-state index is 0.0272. The molecule has 0 aliphatic carbocycles. The van der Waals surface area contributed by atoms with Gasteiger partial charge in [-0.2, -0.15) is 5.10 Å². The summed E-state index contributed by atoms with van der Waals surface area (Å²) in [5.74, 6) is 0.786. The number of furan rings is 1. The van der Waals surface area contributed by atoms with Gasteiger partial charge in [0.1, 0.15) is 24.9 Å². The van der Waals surface area contributed by atoms with E-state index in [2.05, 4.69) is 5.10 Å². The molecule has 0 spiro atoms. The number of nitrogens with one attached hydrogen (secondary N) is 1. The molecule has 4 rings (SSSR count). The number of hydrogen-bond acceptors (Lipinski definition) is 4. The largest absolute Gasteiger partial charge is 0.467 e. The smallest absolute Gasteiger partial charge is 0.249 e. The molecule has 1 fully saturated rings. The van der Waals surface area contributed by atoms with Crippen molar-refractivity contribution in [1.82, 2.24) is 5.01 Å². The molecular weight excluding hydrogens is 366 g/mol. The summed E-state index contributed by atoms with van der Waals surface area (Å²) in [5, 5.41) is 6.93. The van der Waals surface area contributed by atoms with E-state index in [9.17, 15) is 4.79 Å². The zero-order valence-corrected chi connectivity index (χ0v) is 15.8. The minimum atomic E-state index is -0.196. The van der Waals surface area contributed by atoms with E-state index in [4.69, 9.17) is 20.8 Å². The molecule has 142 valence electrons. The lowest BCUT2D eigenvalue weighted by atomic mass is 10.0. The Bertz CT molecular complexity index is 798. The summed E-state index contributed by atoms with van der Waals surface area (Å²) in [6.45, 7) is 4.24. The van der Waals surface area contributed by atoms with Crippen LogP contribution in [0, 0.1) is 0 Å². The van der Waals surface area contributed by atoms with Gasteiger partial charge >= 0.3 is 0 Å². The summed E-state index contributed by atoms with van der Waals surface area (Å²) in [4.78, 5) is 14.3. The molecule has 1 N–H and O–H groups in total. The fourth-order valence-electron chi connectivity index (χ4n) is 3.57. The first-order valence-electron chi connectivity index (χ1n) is 9.31. The van der Waals surface area contributed by atoms with E-state index in [1.165, 1.54) is 4.90 Å². The molecule has 1 saturated heterocycles. The molecule has 2 aliphatic rings. The van der Waals surface area contributed by atoms with E-state index in [0.717, 1.165) is 49.9 Å². The van der Waals surface area contributed by atoms with Crippen LogP contribution in [0.1, 0.15) is 30.2 Å². The van der Waals surface area contributed by atoms with Crippen molar-refractivity contribution in [2.24, 2.45) is 5.10 Å². The summed E-state index contributed by atoms with van der Waals surface area (Å²) in [6.07, 6.45) is 2.73. The van der Waals surface area contributed by atoms with Crippen LogP contribution in [0.3, 0.4) is 0 Å². The molecule has 3 heterocycles. The number of carbonyl (C=O) groups excluding carboxylic acids is 1. The lowest BCUT2D eigenvalue weighted by Crippen LogP contribution is -3.14. The monoisotopic (exact) mass is 388 g/mol. The molecule has 1 amide bonds. The summed E-state index contributed by atoms with van der Waals surface area (Å²) < 4.78 is 11.0. The molecule has 0 unspecified atom stereocenters. The number of ether oxygens (including phenoxy) is 1. The Labute approximate surface area is 163 Å². The van der Waals surface area contributed by atoms with Crippen LogP contribution in [-0.4, -0.2) is 49.5 Å². The van der Waals surface area contributed by atoms with Gasteiger partial charge in [0.15, 0.2) is 0 Å². The van der Waals surface area contributed by atoms with Crippen molar-refractivity contribution >= 4 is 23.2 Å². The second kappa shape index (κ2) is 8.25. The normalized spacial score (nSPS) is 20.7. The molecule has 0 bridgehead atoms. The van der Waals surface area contributed by atoms with Crippen LogP contribution >= 0.6 is 11.6 Å². The average Bonchev–Trinajstić information content (AvgIpc) is 3.37. The van der Waals surface area contributed by atoms with Gasteiger partial charge in [-0.1, -0.05) is 23.7 Å². The first-order chi connectivity index (χ1) is 13.2. The van der Waals surface area contributed by atoms with Crippen molar-refractivity contribution in [2.75, 3.05) is 32.8 Å². The summed E-state index contributed by atoms with van der Waals surface area (Å²) in [5.41, 5.74) is 1.85. The highest BCUT2D eigenvalue weighted by Gasteiger charge is 2.35. The van der Waals surface area contributed by atoms with Crippen LogP contribution < -0.4 is 4.90 Å². The van der Waals surface area contributed by atoms with Crippen molar-refractivity contribution in [2.45, 2.75) is 18.9 Å². The molecule has 1 aromatic carbocycles. The average molecular weight is 389 g/mol. The SMILES string of the molecule is O=C(CC[NH+]1CCOCC1)N1N=C(c2ccc(Cl)cc2)C[C@H]1c1ccco1. The standard InChI is InChI=1S/C20H22ClN3O3/c21-16-5-3-15(4-6-16)17-14-18(19-2-1-11-27-19)24(22-17)20(25)7-8-23-9-12-26-13-10-23/h1-6,11,18H,7-10,12-14H2/p+1/t18-/m0/s1. The number of morpholine rings is 1. The third-order valence-electron chi connectivity index (χ3n) is 5.11. The first-order valence-corrected chi connectivity index (χ1v) is 9.69. The van der Waals surface area contributed by atoms with E-state index >= 15 is 0 Å².